The smallest absolute Gasteiger partial charge is 0.288 e. The third-order valence-corrected chi connectivity index (χ3v) is 2.81. The standard InChI is InChI=1S/C15H18N4OS/c1-15(2,3)17-14(21)19-18-13(20)12-9-8-10-6-4-5-7-11(10)16-12/h4-9H,1-3H3,(H,18,20)(H2,17,19,21). The number of hydrogen-bond donors (Lipinski definition) is 3. The first-order valence-corrected chi connectivity index (χ1v) is 7.00. The number of para-hydroxylation sites is 1. The highest BCUT2D eigenvalue weighted by molar-refractivity contribution is 7.80. The molecular formula is C15H18N4OS. The van der Waals surface area contributed by atoms with E-state index >= 15 is 0 Å². The van der Waals surface area contributed by atoms with Crippen LogP contribution in [0.4, 0.5) is 0 Å². The minimum Gasteiger partial charge on any atom is -0.357 e. The zero-order chi connectivity index (χ0) is 15.5. The van der Waals surface area contributed by atoms with Crippen molar-refractivity contribution in [2.75, 3.05) is 0 Å². The molecular weight excluding hydrogens is 284 g/mol. The van der Waals surface area contributed by atoms with E-state index in [0.717, 1.165) is 10.9 Å². The number of hydrazine groups is 1. The van der Waals surface area contributed by atoms with Gasteiger partial charge in [0, 0.05) is 10.9 Å². The molecule has 0 fully saturated rings. The van der Waals surface area contributed by atoms with Crippen LogP contribution in [0.2, 0.25) is 0 Å². The Labute approximate surface area is 129 Å². The quantitative estimate of drug-likeness (QED) is 0.556. The summed E-state index contributed by atoms with van der Waals surface area (Å²) in [5, 5.41) is 4.39. The number of aromatic nitrogens is 1. The van der Waals surface area contributed by atoms with E-state index < -0.39 is 0 Å². The highest BCUT2D eigenvalue weighted by Crippen LogP contribution is 2.11. The van der Waals surface area contributed by atoms with Crippen molar-refractivity contribution in [3.63, 3.8) is 0 Å². The minimum absolute atomic E-state index is 0.171. The van der Waals surface area contributed by atoms with Crippen LogP contribution in [0.1, 0.15) is 31.3 Å². The van der Waals surface area contributed by atoms with Gasteiger partial charge >= 0.3 is 0 Å². The van der Waals surface area contributed by atoms with Gasteiger partial charge in [0.2, 0.25) is 0 Å². The molecule has 0 bridgehead atoms. The predicted molar refractivity (Wildman–Crippen MR) is 87.8 cm³/mol. The molecule has 0 spiro atoms. The molecule has 21 heavy (non-hydrogen) atoms. The van der Waals surface area contributed by atoms with Crippen LogP contribution >= 0.6 is 12.2 Å². The van der Waals surface area contributed by atoms with E-state index in [0.29, 0.717) is 10.8 Å². The number of thiocarbonyl (C=S) groups is 1. The first-order valence-electron chi connectivity index (χ1n) is 6.59. The fraction of sp³-hybridized carbons (Fsp3) is 0.267. The summed E-state index contributed by atoms with van der Waals surface area (Å²) in [5.74, 6) is -0.334. The molecule has 0 atom stereocenters. The first-order chi connectivity index (χ1) is 9.85. The lowest BCUT2D eigenvalue weighted by atomic mass is 10.1. The number of amides is 1. The van der Waals surface area contributed by atoms with Crippen LogP contribution in [0.3, 0.4) is 0 Å². The van der Waals surface area contributed by atoms with Crippen LogP contribution in [0.25, 0.3) is 10.9 Å². The third-order valence-electron chi connectivity index (χ3n) is 2.61. The molecule has 0 aliphatic heterocycles. The van der Waals surface area contributed by atoms with E-state index in [1.807, 2.05) is 51.1 Å². The second-order valence-electron chi connectivity index (χ2n) is 5.67. The number of carbonyl (C=O) groups excluding carboxylic acids is 1. The van der Waals surface area contributed by atoms with Crippen molar-refractivity contribution in [2.45, 2.75) is 26.3 Å². The normalized spacial score (nSPS) is 11.0. The Morgan fingerprint density at radius 1 is 1.10 bits per heavy atom. The number of nitrogens with one attached hydrogen (secondary N) is 3. The second kappa shape index (κ2) is 6.05. The van der Waals surface area contributed by atoms with Crippen molar-refractivity contribution in [3.05, 3.63) is 42.1 Å². The van der Waals surface area contributed by atoms with Crippen LogP contribution in [-0.4, -0.2) is 21.5 Å². The maximum atomic E-state index is 12.0. The molecule has 110 valence electrons. The molecule has 3 N–H and O–H groups in total. The molecule has 5 nitrogen and oxygen atoms in total. The van der Waals surface area contributed by atoms with Crippen molar-refractivity contribution in [3.8, 4) is 0 Å². The van der Waals surface area contributed by atoms with Crippen LogP contribution in [0.5, 0.6) is 0 Å². The van der Waals surface area contributed by atoms with Gasteiger partial charge in [0.05, 0.1) is 5.52 Å². The summed E-state index contributed by atoms with van der Waals surface area (Å²) in [6, 6.07) is 11.2. The summed E-state index contributed by atoms with van der Waals surface area (Å²) in [6.45, 7) is 5.94. The van der Waals surface area contributed by atoms with Crippen LogP contribution < -0.4 is 16.2 Å². The lowest BCUT2D eigenvalue weighted by molar-refractivity contribution is 0.0938. The molecule has 6 heteroatoms. The lowest BCUT2D eigenvalue weighted by Crippen LogP contribution is -2.52. The third kappa shape index (κ3) is 4.39. The van der Waals surface area contributed by atoms with E-state index in [1.54, 1.807) is 6.07 Å². The maximum Gasteiger partial charge on any atom is 0.288 e. The molecule has 1 aromatic heterocycles. The molecule has 0 unspecified atom stereocenters. The number of benzene rings is 1. The molecule has 2 aromatic rings. The molecule has 0 aliphatic carbocycles. The maximum absolute atomic E-state index is 12.0. The minimum atomic E-state index is -0.334. The zero-order valence-corrected chi connectivity index (χ0v) is 13.0. The average Bonchev–Trinajstić information content (AvgIpc) is 2.42. The summed E-state index contributed by atoms with van der Waals surface area (Å²) < 4.78 is 0. The first kappa shape index (κ1) is 15.2. The van der Waals surface area contributed by atoms with E-state index in [4.69, 9.17) is 12.2 Å². The highest BCUT2D eigenvalue weighted by Gasteiger charge is 2.12. The van der Waals surface area contributed by atoms with Gasteiger partial charge in [-0.15, -0.1) is 0 Å². The zero-order valence-electron chi connectivity index (χ0n) is 12.2. The van der Waals surface area contributed by atoms with E-state index in [9.17, 15) is 4.79 Å². The lowest BCUT2D eigenvalue weighted by Gasteiger charge is -2.23. The topological polar surface area (TPSA) is 66.0 Å². The van der Waals surface area contributed by atoms with Gasteiger partial charge in [0.25, 0.3) is 5.91 Å². The van der Waals surface area contributed by atoms with Gasteiger partial charge in [0.1, 0.15) is 5.69 Å². The summed E-state index contributed by atoms with van der Waals surface area (Å²) in [7, 11) is 0. The summed E-state index contributed by atoms with van der Waals surface area (Å²) >= 11 is 5.09. The Kier molecular flexibility index (Phi) is 4.37. The number of rotatable bonds is 1. The van der Waals surface area contributed by atoms with Crippen LogP contribution in [0.15, 0.2) is 36.4 Å². The SMILES string of the molecule is CC(C)(C)NC(=S)NNC(=O)c1ccc2ccccc2n1. The van der Waals surface area contributed by atoms with E-state index in [2.05, 4.69) is 21.2 Å². The van der Waals surface area contributed by atoms with Gasteiger partial charge < -0.3 is 5.32 Å². The van der Waals surface area contributed by atoms with E-state index in [1.165, 1.54) is 0 Å². The number of fused-ring (bicyclic) bond motifs is 1. The molecule has 1 aromatic carbocycles. The monoisotopic (exact) mass is 302 g/mol. The van der Waals surface area contributed by atoms with Crippen molar-refractivity contribution < 1.29 is 4.79 Å². The Morgan fingerprint density at radius 3 is 2.52 bits per heavy atom. The van der Waals surface area contributed by atoms with Gasteiger partial charge in [-0.3, -0.25) is 15.6 Å². The summed E-state index contributed by atoms with van der Waals surface area (Å²) in [6.07, 6.45) is 0. The number of hydrogen-bond acceptors (Lipinski definition) is 3. The molecule has 1 amide bonds. The van der Waals surface area contributed by atoms with Crippen molar-refractivity contribution >= 4 is 34.1 Å². The fourth-order valence-corrected chi connectivity index (χ4v) is 2.10. The molecule has 0 radical (unpaired) electrons. The Balaban J connectivity index is 2.00. The fourth-order valence-electron chi connectivity index (χ4n) is 1.74. The number of pyridine rings is 1. The predicted octanol–water partition coefficient (Wildman–Crippen LogP) is 2.14. The Morgan fingerprint density at radius 2 is 1.81 bits per heavy atom. The molecule has 0 aliphatic rings. The highest BCUT2D eigenvalue weighted by atomic mass is 32.1. The van der Waals surface area contributed by atoms with Crippen LogP contribution in [0, 0.1) is 0 Å². The molecule has 2 rings (SSSR count). The Hall–Kier alpha value is -2.21. The van der Waals surface area contributed by atoms with Crippen molar-refractivity contribution in [1.29, 1.82) is 0 Å². The molecule has 0 saturated carbocycles. The average molecular weight is 302 g/mol. The Bertz CT molecular complexity index is 679. The largest absolute Gasteiger partial charge is 0.357 e. The number of carbonyl (C=O) groups is 1. The van der Waals surface area contributed by atoms with Gasteiger partial charge in [-0.25, -0.2) is 4.98 Å². The van der Waals surface area contributed by atoms with Gasteiger partial charge in [-0.1, -0.05) is 24.3 Å². The summed E-state index contributed by atoms with van der Waals surface area (Å²) in [4.78, 5) is 16.3. The summed E-state index contributed by atoms with van der Waals surface area (Å²) in [5.41, 5.74) is 6.14. The second-order valence-corrected chi connectivity index (χ2v) is 6.08. The van der Waals surface area contributed by atoms with Gasteiger partial charge in [0.15, 0.2) is 5.11 Å². The van der Waals surface area contributed by atoms with Gasteiger partial charge in [-0.2, -0.15) is 0 Å². The number of nitrogens with zero attached hydrogens (tertiary/aromatic N) is 1. The van der Waals surface area contributed by atoms with E-state index in [-0.39, 0.29) is 11.4 Å². The van der Waals surface area contributed by atoms with Crippen LogP contribution in [-0.2, 0) is 0 Å². The van der Waals surface area contributed by atoms with Crippen molar-refractivity contribution in [1.82, 2.24) is 21.2 Å². The molecule has 0 saturated heterocycles. The van der Waals surface area contributed by atoms with Crippen molar-refractivity contribution in [2.24, 2.45) is 0 Å². The van der Waals surface area contributed by atoms with Gasteiger partial charge in [-0.05, 0) is 45.1 Å². The molecule has 1 heterocycles.